The summed E-state index contributed by atoms with van der Waals surface area (Å²) in [7, 11) is 3.29. The van der Waals surface area contributed by atoms with Gasteiger partial charge < -0.3 is 9.47 Å². The number of fused-ring (bicyclic) bond motifs is 1. The summed E-state index contributed by atoms with van der Waals surface area (Å²) in [5.41, 5.74) is 4.91. The number of rotatable bonds is 5. The summed E-state index contributed by atoms with van der Waals surface area (Å²) >= 11 is 6.09. The van der Waals surface area contributed by atoms with Crippen molar-refractivity contribution in [3.05, 3.63) is 64.2 Å². The van der Waals surface area contributed by atoms with E-state index in [9.17, 15) is 0 Å². The van der Waals surface area contributed by atoms with Gasteiger partial charge in [-0.25, -0.2) is 0 Å². The Morgan fingerprint density at radius 3 is 2.44 bits per heavy atom. The largest absolute Gasteiger partial charge is 0.493 e. The Labute approximate surface area is 165 Å². The SMILES string of the molecule is CCC1C(C)=NN=C(/C=C/c2cccc(Cl)c2)c2cc(OC)c(OC)cc21. The molecule has 2 aromatic carbocycles. The Kier molecular flexibility index (Phi) is 5.97. The van der Waals surface area contributed by atoms with Crippen molar-refractivity contribution in [2.45, 2.75) is 26.2 Å². The summed E-state index contributed by atoms with van der Waals surface area (Å²) in [6, 6.07) is 11.7. The number of benzene rings is 2. The van der Waals surface area contributed by atoms with Crippen LogP contribution in [0.15, 0.2) is 52.7 Å². The second-order valence-electron chi connectivity index (χ2n) is 6.37. The normalized spacial score (nSPS) is 16.4. The van der Waals surface area contributed by atoms with Crippen LogP contribution in [-0.2, 0) is 0 Å². The monoisotopic (exact) mass is 382 g/mol. The van der Waals surface area contributed by atoms with E-state index in [0.29, 0.717) is 16.5 Å². The Bertz CT molecular complexity index is 932. The minimum absolute atomic E-state index is 0.181. The molecule has 0 aliphatic carbocycles. The molecule has 0 fully saturated rings. The van der Waals surface area contributed by atoms with Gasteiger partial charge in [0, 0.05) is 22.2 Å². The van der Waals surface area contributed by atoms with Crippen LogP contribution in [-0.4, -0.2) is 25.6 Å². The molecule has 0 saturated carbocycles. The lowest BCUT2D eigenvalue weighted by Gasteiger charge is -2.19. The summed E-state index contributed by atoms with van der Waals surface area (Å²) in [4.78, 5) is 0. The molecule has 3 rings (SSSR count). The summed E-state index contributed by atoms with van der Waals surface area (Å²) < 4.78 is 11.0. The second-order valence-corrected chi connectivity index (χ2v) is 6.81. The molecule has 0 saturated heterocycles. The van der Waals surface area contributed by atoms with Gasteiger partial charge in [0.1, 0.15) is 0 Å². The van der Waals surface area contributed by atoms with E-state index >= 15 is 0 Å². The maximum atomic E-state index is 6.09. The first-order chi connectivity index (χ1) is 13.1. The molecule has 0 aromatic heterocycles. The Morgan fingerprint density at radius 2 is 1.78 bits per heavy atom. The summed E-state index contributed by atoms with van der Waals surface area (Å²) in [6.07, 6.45) is 4.88. The molecule has 4 nitrogen and oxygen atoms in total. The number of nitrogens with zero attached hydrogens (tertiary/aromatic N) is 2. The molecule has 0 spiro atoms. The smallest absolute Gasteiger partial charge is 0.161 e. The van der Waals surface area contributed by atoms with Gasteiger partial charge >= 0.3 is 0 Å². The van der Waals surface area contributed by atoms with Gasteiger partial charge in [-0.05, 0) is 54.8 Å². The van der Waals surface area contributed by atoms with Crippen molar-refractivity contribution in [2.75, 3.05) is 14.2 Å². The zero-order chi connectivity index (χ0) is 19.4. The molecule has 0 radical (unpaired) electrons. The molecule has 0 N–H and O–H groups in total. The fourth-order valence-corrected chi connectivity index (χ4v) is 3.51. The van der Waals surface area contributed by atoms with Crippen LogP contribution in [0.2, 0.25) is 5.02 Å². The summed E-state index contributed by atoms with van der Waals surface area (Å²) in [5.74, 6) is 1.57. The van der Waals surface area contributed by atoms with Gasteiger partial charge in [-0.2, -0.15) is 10.2 Å². The third-order valence-corrected chi connectivity index (χ3v) is 4.95. The molecular formula is C22H23ClN2O2. The van der Waals surface area contributed by atoms with Crippen LogP contribution in [0.5, 0.6) is 11.5 Å². The molecule has 0 amide bonds. The van der Waals surface area contributed by atoms with Crippen molar-refractivity contribution >= 4 is 29.1 Å². The highest BCUT2D eigenvalue weighted by atomic mass is 35.5. The van der Waals surface area contributed by atoms with Gasteiger partial charge in [-0.1, -0.05) is 36.7 Å². The van der Waals surface area contributed by atoms with Crippen molar-refractivity contribution in [3.63, 3.8) is 0 Å². The van der Waals surface area contributed by atoms with Gasteiger partial charge in [0.15, 0.2) is 11.5 Å². The number of hydrogen-bond acceptors (Lipinski definition) is 4. The van der Waals surface area contributed by atoms with E-state index in [1.54, 1.807) is 14.2 Å². The maximum Gasteiger partial charge on any atom is 0.161 e. The van der Waals surface area contributed by atoms with Gasteiger partial charge in [0.05, 0.1) is 19.9 Å². The fraction of sp³-hybridized carbons (Fsp3) is 0.273. The average Bonchev–Trinajstić information content (AvgIpc) is 2.80. The van der Waals surface area contributed by atoms with Crippen molar-refractivity contribution in [2.24, 2.45) is 10.2 Å². The van der Waals surface area contributed by atoms with Crippen molar-refractivity contribution in [1.82, 2.24) is 0 Å². The molecule has 1 aliphatic rings. The molecule has 1 atom stereocenters. The van der Waals surface area contributed by atoms with Gasteiger partial charge in [-0.15, -0.1) is 0 Å². The van der Waals surface area contributed by atoms with E-state index in [1.165, 1.54) is 0 Å². The average molecular weight is 383 g/mol. The van der Waals surface area contributed by atoms with Crippen LogP contribution in [0.25, 0.3) is 6.08 Å². The maximum absolute atomic E-state index is 6.09. The van der Waals surface area contributed by atoms with Crippen LogP contribution in [0.4, 0.5) is 0 Å². The zero-order valence-electron chi connectivity index (χ0n) is 16.0. The molecule has 1 heterocycles. The Balaban J connectivity index is 2.12. The van der Waals surface area contributed by atoms with Crippen molar-refractivity contribution in [3.8, 4) is 11.5 Å². The Hall–Kier alpha value is -2.59. The second kappa shape index (κ2) is 8.40. The minimum atomic E-state index is 0.181. The van der Waals surface area contributed by atoms with Crippen LogP contribution in [0.1, 0.15) is 42.9 Å². The first kappa shape index (κ1) is 19.2. The standard InChI is InChI=1S/C22H23ClN2O2/c1-5-17-14(2)24-25-20(10-9-15-7-6-8-16(23)11-15)19-13-22(27-4)21(26-3)12-18(17)19/h6-13,17H,5H2,1-4H3/b10-9+. The van der Waals surface area contributed by atoms with Crippen molar-refractivity contribution in [1.29, 1.82) is 0 Å². The molecule has 0 bridgehead atoms. The Morgan fingerprint density at radius 1 is 1.04 bits per heavy atom. The van der Waals surface area contributed by atoms with E-state index < -0.39 is 0 Å². The van der Waals surface area contributed by atoms with E-state index in [1.807, 2.05) is 55.5 Å². The molecule has 1 aliphatic heterocycles. The van der Waals surface area contributed by atoms with Crippen molar-refractivity contribution < 1.29 is 9.47 Å². The number of halogens is 1. The van der Waals surface area contributed by atoms with E-state index in [4.69, 9.17) is 21.1 Å². The van der Waals surface area contributed by atoms with Gasteiger partial charge in [-0.3, -0.25) is 0 Å². The summed E-state index contributed by atoms with van der Waals surface area (Å²) in [6.45, 7) is 4.17. The number of methoxy groups -OCH3 is 2. The fourth-order valence-electron chi connectivity index (χ4n) is 3.31. The summed E-state index contributed by atoms with van der Waals surface area (Å²) in [5, 5.41) is 9.66. The quantitative estimate of drug-likeness (QED) is 0.661. The molecule has 5 heteroatoms. The molecule has 2 aromatic rings. The highest BCUT2D eigenvalue weighted by molar-refractivity contribution is 6.30. The first-order valence-corrected chi connectivity index (χ1v) is 9.27. The van der Waals surface area contributed by atoms with Gasteiger partial charge in [0.2, 0.25) is 0 Å². The first-order valence-electron chi connectivity index (χ1n) is 8.89. The number of allylic oxidation sites excluding steroid dienone is 1. The predicted octanol–water partition coefficient (Wildman–Crippen LogP) is 5.74. The highest BCUT2D eigenvalue weighted by Crippen LogP contribution is 2.37. The zero-order valence-corrected chi connectivity index (χ0v) is 16.7. The number of ether oxygens (including phenoxy) is 2. The van der Waals surface area contributed by atoms with Gasteiger partial charge in [0.25, 0.3) is 0 Å². The minimum Gasteiger partial charge on any atom is -0.493 e. The third-order valence-electron chi connectivity index (χ3n) is 4.72. The predicted molar refractivity (Wildman–Crippen MR) is 113 cm³/mol. The van der Waals surface area contributed by atoms with Crippen LogP contribution >= 0.6 is 11.6 Å². The lowest BCUT2D eigenvalue weighted by Crippen LogP contribution is -2.11. The van der Waals surface area contributed by atoms with E-state index in [0.717, 1.165) is 34.5 Å². The third kappa shape index (κ3) is 4.06. The van der Waals surface area contributed by atoms with E-state index in [-0.39, 0.29) is 5.92 Å². The lowest BCUT2D eigenvalue weighted by molar-refractivity contribution is 0.354. The molecule has 1 unspecified atom stereocenters. The molecule has 27 heavy (non-hydrogen) atoms. The lowest BCUT2D eigenvalue weighted by atomic mass is 9.87. The number of hydrogen-bond donors (Lipinski definition) is 0. The van der Waals surface area contributed by atoms with Crippen LogP contribution in [0, 0.1) is 0 Å². The van der Waals surface area contributed by atoms with Crippen LogP contribution < -0.4 is 9.47 Å². The van der Waals surface area contributed by atoms with Crippen LogP contribution in [0.3, 0.4) is 0 Å². The highest BCUT2D eigenvalue weighted by Gasteiger charge is 2.24. The topological polar surface area (TPSA) is 43.2 Å². The molecular weight excluding hydrogens is 360 g/mol. The molecule has 140 valence electrons. The van der Waals surface area contributed by atoms with E-state index in [2.05, 4.69) is 17.1 Å².